The van der Waals surface area contributed by atoms with Gasteiger partial charge in [-0.1, -0.05) is 0 Å². The Morgan fingerprint density at radius 1 is 1.56 bits per heavy atom. The molecule has 0 aromatic heterocycles. The van der Waals surface area contributed by atoms with E-state index in [4.69, 9.17) is 10.8 Å². The number of phenols is 1. The number of carbonyl (C=O) groups excluding carboxylic acids is 1. The highest BCUT2D eigenvalue weighted by atomic mass is 19.2. The predicted molar refractivity (Wildman–Crippen MR) is 51.7 cm³/mol. The molecule has 0 heterocycles. The summed E-state index contributed by atoms with van der Waals surface area (Å²) in [7, 11) is 1.17. The van der Waals surface area contributed by atoms with E-state index in [1.165, 1.54) is 7.11 Å². The van der Waals surface area contributed by atoms with E-state index in [9.17, 15) is 13.6 Å². The molecule has 1 atom stereocenters. The van der Waals surface area contributed by atoms with Crippen LogP contribution in [-0.4, -0.2) is 24.2 Å². The van der Waals surface area contributed by atoms with Crippen molar-refractivity contribution >= 4 is 5.97 Å². The molecule has 1 aromatic rings. The molecular formula is C10H11F2NO3. The van der Waals surface area contributed by atoms with E-state index in [0.29, 0.717) is 0 Å². The summed E-state index contributed by atoms with van der Waals surface area (Å²) in [4.78, 5) is 11.0. The van der Waals surface area contributed by atoms with Crippen LogP contribution in [-0.2, 0) is 16.0 Å². The van der Waals surface area contributed by atoms with Gasteiger partial charge in [-0.05, 0) is 24.1 Å². The van der Waals surface area contributed by atoms with Crippen LogP contribution >= 0.6 is 0 Å². The molecule has 0 fully saturated rings. The Balaban J connectivity index is 2.86. The summed E-state index contributed by atoms with van der Waals surface area (Å²) in [5.74, 6) is -3.99. The molecule has 0 bridgehead atoms. The Kier molecular flexibility index (Phi) is 3.78. The van der Waals surface area contributed by atoms with Crippen LogP contribution in [0, 0.1) is 11.6 Å². The normalized spacial score (nSPS) is 12.2. The number of esters is 1. The second kappa shape index (κ2) is 4.89. The third-order valence-electron chi connectivity index (χ3n) is 2.03. The van der Waals surface area contributed by atoms with Crippen molar-refractivity contribution < 1.29 is 23.4 Å². The van der Waals surface area contributed by atoms with Crippen molar-refractivity contribution in [2.24, 2.45) is 5.73 Å². The van der Waals surface area contributed by atoms with Gasteiger partial charge in [0, 0.05) is 0 Å². The van der Waals surface area contributed by atoms with Crippen LogP contribution in [0.4, 0.5) is 8.78 Å². The minimum Gasteiger partial charge on any atom is -0.505 e. The molecule has 0 aliphatic heterocycles. The zero-order valence-corrected chi connectivity index (χ0v) is 8.54. The van der Waals surface area contributed by atoms with Gasteiger partial charge in [-0.3, -0.25) is 4.79 Å². The first-order chi connectivity index (χ1) is 7.45. The average Bonchev–Trinajstić information content (AvgIpc) is 2.24. The van der Waals surface area contributed by atoms with Gasteiger partial charge in [0.2, 0.25) is 0 Å². The topological polar surface area (TPSA) is 72.5 Å². The van der Waals surface area contributed by atoms with Crippen molar-refractivity contribution in [1.29, 1.82) is 0 Å². The molecule has 88 valence electrons. The van der Waals surface area contributed by atoms with E-state index < -0.39 is 29.4 Å². The number of phenolic OH excluding ortho intramolecular Hbond substituents is 1. The van der Waals surface area contributed by atoms with Crippen molar-refractivity contribution in [3.05, 3.63) is 29.3 Å². The molecular weight excluding hydrogens is 220 g/mol. The summed E-state index contributed by atoms with van der Waals surface area (Å²) in [6.45, 7) is 0. The molecule has 0 aliphatic carbocycles. The van der Waals surface area contributed by atoms with Crippen LogP contribution in [0.15, 0.2) is 12.1 Å². The largest absolute Gasteiger partial charge is 0.505 e. The fourth-order valence-electron chi connectivity index (χ4n) is 1.24. The van der Waals surface area contributed by atoms with Crippen LogP contribution in [0.25, 0.3) is 0 Å². The lowest BCUT2D eigenvalue weighted by atomic mass is 10.1. The number of ether oxygens (including phenoxy) is 1. The highest BCUT2D eigenvalue weighted by Gasteiger charge is 2.17. The van der Waals surface area contributed by atoms with Crippen LogP contribution in [0.2, 0.25) is 0 Å². The summed E-state index contributed by atoms with van der Waals surface area (Å²) < 4.78 is 30.0. The minimum absolute atomic E-state index is 0.0442. The standard InChI is InChI=1S/C10H11F2NO3/c1-16-10(15)7(13)3-5-2-6(11)9(12)8(14)4-5/h2,4,7,14H,3,13H2,1H3. The lowest BCUT2D eigenvalue weighted by molar-refractivity contribution is -0.142. The van der Waals surface area contributed by atoms with Gasteiger partial charge in [-0.25, -0.2) is 4.39 Å². The smallest absolute Gasteiger partial charge is 0.322 e. The fraction of sp³-hybridized carbons (Fsp3) is 0.300. The Bertz CT molecular complexity index is 386. The molecule has 3 N–H and O–H groups in total. The lowest BCUT2D eigenvalue weighted by Crippen LogP contribution is -2.33. The second-order valence-electron chi connectivity index (χ2n) is 3.24. The highest BCUT2D eigenvalue weighted by molar-refractivity contribution is 5.75. The number of methoxy groups -OCH3 is 1. The lowest BCUT2D eigenvalue weighted by Gasteiger charge is -2.09. The van der Waals surface area contributed by atoms with Crippen LogP contribution in [0.3, 0.4) is 0 Å². The summed E-state index contributed by atoms with van der Waals surface area (Å²) in [6.07, 6.45) is -0.0442. The number of benzene rings is 1. The second-order valence-corrected chi connectivity index (χ2v) is 3.24. The number of aromatic hydroxyl groups is 1. The molecule has 0 amide bonds. The first-order valence-corrected chi connectivity index (χ1v) is 4.46. The average molecular weight is 231 g/mol. The minimum atomic E-state index is -1.32. The Morgan fingerprint density at radius 2 is 2.19 bits per heavy atom. The molecule has 4 nitrogen and oxygen atoms in total. The van der Waals surface area contributed by atoms with Crippen LogP contribution in [0.5, 0.6) is 5.75 Å². The van der Waals surface area contributed by atoms with Gasteiger partial charge in [0.15, 0.2) is 17.4 Å². The number of carbonyl (C=O) groups is 1. The first-order valence-electron chi connectivity index (χ1n) is 4.46. The molecule has 0 spiro atoms. The predicted octanol–water partition coefficient (Wildman–Crippen LogP) is 0.713. The van der Waals surface area contributed by atoms with E-state index in [-0.39, 0.29) is 12.0 Å². The maximum absolute atomic E-state index is 12.9. The Morgan fingerprint density at radius 3 is 2.69 bits per heavy atom. The van der Waals surface area contributed by atoms with Gasteiger partial charge in [-0.15, -0.1) is 0 Å². The monoisotopic (exact) mass is 231 g/mol. The van der Waals surface area contributed by atoms with Crippen molar-refractivity contribution in [3.63, 3.8) is 0 Å². The quantitative estimate of drug-likeness (QED) is 0.751. The summed E-state index contributed by atoms with van der Waals surface area (Å²) in [6, 6.07) is 0.910. The number of nitrogens with two attached hydrogens (primary N) is 1. The molecule has 0 aliphatic rings. The Hall–Kier alpha value is -1.69. The van der Waals surface area contributed by atoms with Gasteiger partial charge >= 0.3 is 5.97 Å². The van der Waals surface area contributed by atoms with E-state index >= 15 is 0 Å². The zero-order chi connectivity index (χ0) is 12.3. The van der Waals surface area contributed by atoms with Gasteiger partial charge in [0.1, 0.15) is 6.04 Å². The fourth-order valence-corrected chi connectivity index (χ4v) is 1.24. The number of hydrogen-bond acceptors (Lipinski definition) is 4. The van der Waals surface area contributed by atoms with E-state index in [1.54, 1.807) is 0 Å². The highest BCUT2D eigenvalue weighted by Crippen LogP contribution is 2.21. The molecule has 1 rings (SSSR count). The van der Waals surface area contributed by atoms with Crippen LogP contribution in [0.1, 0.15) is 5.56 Å². The summed E-state index contributed by atoms with van der Waals surface area (Å²) >= 11 is 0. The van der Waals surface area contributed by atoms with Gasteiger partial charge in [-0.2, -0.15) is 4.39 Å². The third kappa shape index (κ3) is 2.66. The van der Waals surface area contributed by atoms with E-state index in [2.05, 4.69) is 4.74 Å². The van der Waals surface area contributed by atoms with E-state index in [1.807, 2.05) is 0 Å². The van der Waals surface area contributed by atoms with Crippen molar-refractivity contribution in [3.8, 4) is 5.75 Å². The van der Waals surface area contributed by atoms with Gasteiger partial charge < -0.3 is 15.6 Å². The first kappa shape index (κ1) is 12.4. The molecule has 16 heavy (non-hydrogen) atoms. The molecule has 0 saturated heterocycles. The van der Waals surface area contributed by atoms with Crippen molar-refractivity contribution in [2.45, 2.75) is 12.5 Å². The maximum Gasteiger partial charge on any atom is 0.322 e. The van der Waals surface area contributed by atoms with Crippen molar-refractivity contribution in [2.75, 3.05) is 7.11 Å². The van der Waals surface area contributed by atoms with Gasteiger partial charge in [0.05, 0.1) is 7.11 Å². The van der Waals surface area contributed by atoms with E-state index in [0.717, 1.165) is 12.1 Å². The number of hydrogen-bond donors (Lipinski definition) is 2. The maximum atomic E-state index is 12.9. The SMILES string of the molecule is COC(=O)C(N)Cc1cc(O)c(F)c(F)c1. The van der Waals surface area contributed by atoms with Crippen molar-refractivity contribution in [1.82, 2.24) is 0 Å². The summed E-state index contributed by atoms with van der Waals surface area (Å²) in [5, 5.41) is 9.02. The summed E-state index contributed by atoms with van der Waals surface area (Å²) in [5.41, 5.74) is 5.64. The Labute approximate surface area is 90.6 Å². The van der Waals surface area contributed by atoms with Gasteiger partial charge in [0.25, 0.3) is 0 Å². The molecule has 1 unspecified atom stereocenters. The third-order valence-corrected chi connectivity index (χ3v) is 2.03. The molecule has 0 saturated carbocycles. The zero-order valence-electron chi connectivity index (χ0n) is 8.54. The number of rotatable bonds is 3. The molecule has 1 aromatic carbocycles. The van der Waals surface area contributed by atoms with Crippen LogP contribution < -0.4 is 5.73 Å². The number of halogens is 2. The molecule has 6 heteroatoms. The molecule has 0 radical (unpaired) electrons.